The molecule has 1 saturated carbocycles. The average molecular weight is 494 g/mol. The van der Waals surface area contributed by atoms with Crippen molar-refractivity contribution in [3.05, 3.63) is 53.2 Å². The number of nitrogens with zero attached hydrogens (tertiary/aromatic N) is 4. The molecule has 0 radical (unpaired) electrons. The fourth-order valence-electron chi connectivity index (χ4n) is 5.27. The summed E-state index contributed by atoms with van der Waals surface area (Å²) in [6.45, 7) is 3.88. The largest absolute Gasteiger partial charge is 0.495 e. The molecule has 0 bridgehead atoms. The highest BCUT2D eigenvalue weighted by molar-refractivity contribution is 6.31. The van der Waals surface area contributed by atoms with E-state index >= 15 is 0 Å². The van der Waals surface area contributed by atoms with Gasteiger partial charge in [0.25, 0.3) is 5.91 Å². The van der Waals surface area contributed by atoms with Gasteiger partial charge in [0.15, 0.2) is 11.5 Å². The fourth-order valence-corrected chi connectivity index (χ4v) is 5.44. The number of piperazine rings is 1. The highest BCUT2D eigenvalue weighted by Crippen LogP contribution is 2.33. The maximum absolute atomic E-state index is 13.0. The maximum Gasteiger partial charge on any atom is 0.272 e. The molecule has 1 aliphatic carbocycles. The number of amides is 1. The van der Waals surface area contributed by atoms with Crippen LogP contribution in [0.15, 0.2) is 42.5 Å². The van der Waals surface area contributed by atoms with Gasteiger partial charge in [0.2, 0.25) is 0 Å². The lowest BCUT2D eigenvalue weighted by Crippen LogP contribution is -2.47. The normalized spacial score (nSPS) is 17.0. The lowest BCUT2D eigenvalue weighted by molar-refractivity contribution is 0.0939. The number of hydrogen-bond acceptors (Lipinski definition) is 6. The minimum Gasteiger partial charge on any atom is -0.495 e. The molecule has 1 amide bonds. The first-order chi connectivity index (χ1) is 17.1. The van der Waals surface area contributed by atoms with Gasteiger partial charge in [-0.2, -0.15) is 0 Å². The molecule has 0 spiro atoms. The summed E-state index contributed by atoms with van der Waals surface area (Å²) in [7, 11) is 1.68. The van der Waals surface area contributed by atoms with Crippen molar-refractivity contribution < 1.29 is 9.53 Å². The lowest BCUT2D eigenvalue weighted by Gasteiger charge is -2.37. The molecule has 35 heavy (non-hydrogen) atoms. The summed E-state index contributed by atoms with van der Waals surface area (Å²) in [6.07, 6.45) is 6.21. The summed E-state index contributed by atoms with van der Waals surface area (Å²) in [4.78, 5) is 17.5. The molecule has 2 aromatic carbocycles. The minimum absolute atomic E-state index is 0.135. The van der Waals surface area contributed by atoms with E-state index in [2.05, 4.69) is 25.3 Å². The van der Waals surface area contributed by atoms with Crippen molar-refractivity contribution >= 4 is 39.8 Å². The molecule has 5 rings (SSSR count). The number of rotatable bonds is 6. The Kier molecular flexibility index (Phi) is 7.23. The molecule has 184 valence electrons. The van der Waals surface area contributed by atoms with Crippen LogP contribution in [0, 0.1) is 5.92 Å². The van der Waals surface area contributed by atoms with Crippen LogP contribution >= 0.6 is 11.6 Å². The molecule has 2 heterocycles. The maximum atomic E-state index is 13.0. The van der Waals surface area contributed by atoms with Crippen molar-refractivity contribution in [2.24, 2.45) is 5.92 Å². The molecule has 0 atom stereocenters. The molecule has 2 fully saturated rings. The third-order valence-corrected chi connectivity index (χ3v) is 7.45. The van der Waals surface area contributed by atoms with Gasteiger partial charge in [-0.1, -0.05) is 55.1 Å². The monoisotopic (exact) mass is 493 g/mol. The van der Waals surface area contributed by atoms with E-state index in [4.69, 9.17) is 16.3 Å². The van der Waals surface area contributed by atoms with E-state index in [0.717, 1.165) is 54.2 Å². The second-order valence-corrected chi connectivity index (χ2v) is 9.86. The number of hydrogen-bond donors (Lipinski definition) is 1. The van der Waals surface area contributed by atoms with Gasteiger partial charge in [-0.05, 0) is 37.0 Å². The Morgan fingerprint density at radius 3 is 2.46 bits per heavy atom. The summed E-state index contributed by atoms with van der Waals surface area (Å²) >= 11 is 6.25. The smallest absolute Gasteiger partial charge is 0.272 e. The Hall–Kier alpha value is -3.06. The number of halogens is 1. The summed E-state index contributed by atoms with van der Waals surface area (Å²) in [6, 6.07) is 13.6. The highest BCUT2D eigenvalue weighted by Gasteiger charge is 2.24. The lowest BCUT2D eigenvalue weighted by atomic mass is 9.89. The van der Waals surface area contributed by atoms with Gasteiger partial charge in [-0.25, -0.2) is 0 Å². The van der Waals surface area contributed by atoms with Crippen LogP contribution in [0.25, 0.3) is 10.8 Å². The zero-order chi connectivity index (χ0) is 24.2. The minimum atomic E-state index is -0.135. The van der Waals surface area contributed by atoms with E-state index in [1.54, 1.807) is 7.11 Å². The van der Waals surface area contributed by atoms with Gasteiger partial charge >= 0.3 is 0 Å². The Bertz CT molecular complexity index is 1190. The first-order valence-corrected chi connectivity index (χ1v) is 12.9. The fraction of sp³-hybridized carbons (Fsp3) is 0.444. The Labute approximate surface area is 211 Å². The van der Waals surface area contributed by atoms with E-state index in [1.807, 2.05) is 42.5 Å². The second-order valence-electron chi connectivity index (χ2n) is 9.42. The van der Waals surface area contributed by atoms with E-state index in [9.17, 15) is 4.79 Å². The number of nitrogens with one attached hydrogen (secondary N) is 1. The van der Waals surface area contributed by atoms with Crippen LogP contribution in [0.4, 0.5) is 11.5 Å². The van der Waals surface area contributed by atoms with Crippen LogP contribution in [0.1, 0.15) is 42.6 Å². The number of fused-ring (bicyclic) bond motifs is 1. The van der Waals surface area contributed by atoms with E-state index in [1.165, 1.54) is 32.1 Å². The summed E-state index contributed by atoms with van der Waals surface area (Å²) in [5.41, 5.74) is 1.41. The van der Waals surface area contributed by atoms with Crippen LogP contribution in [0.5, 0.6) is 5.75 Å². The molecular formula is C27H32ClN5O2. The number of ether oxygens (including phenoxy) is 1. The van der Waals surface area contributed by atoms with Gasteiger partial charge in [0, 0.05) is 48.5 Å². The summed E-state index contributed by atoms with van der Waals surface area (Å²) < 4.78 is 5.54. The zero-order valence-corrected chi connectivity index (χ0v) is 20.9. The molecule has 7 nitrogen and oxygen atoms in total. The highest BCUT2D eigenvalue weighted by atomic mass is 35.5. The van der Waals surface area contributed by atoms with Gasteiger partial charge in [0.05, 0.1) is 12.8 Å². The Morgan fingerprint density at radius 2 is 1.71 bits per heavy atom. The molecule has 2 aliphatic rings. The third kappa shape index (κ3) is 5.15. The predicted octanol–water partition coefficient (Wildman–Crippen LogP) is 4.93. The Balaban J connectivity index is 1.32. The summed E-state index contributed by atoms with van der Waals surface area (Å²) in [5.74, 6) is 2.07. The first kappa shape index (κ1) is 23.7. The van der Waals surface area contributed by atoms with Gasteiger partial charge < -0.3 is 19.9 Å². The van der Waals surface area contributed by atoms with Crippen LogP contribution in [-0.4, -0.2) is 55.9 Å². The third-order valence-electron chi connectivity index (χ3n) is 7.22. The quantitative estimate of drug-likeness (QED) is 0.525. The van der Waals surface area contributed by atoms with Crippen LogP contribution in [0.3, 0.4) is 0 Å². The standard InChI is InChI=1S/C27H32ClN5O2/c1-35-24-12-11-20(28)17-23(24)32-13-15-33(16-14-32)26-22-10-6-5-9-21(22)25(30-31-26)27(34)29-18-19-7-3-2-4-8-19/h5-6,9-12,17,19H,2-4,7-8,13-16,18H2,1H3,(H,29,34). The number of anilines is 2. The zero-order valence-electron chi connectivity index (χ0n) is 20.2. The van der Waals surface area contributed by atoms with E-state index < -0.39 is 0 Å². The van der Waals surface area contributed by atoms with Gasteiger partial charge in [0.1, 0.15) is 5.75 Å². The number of carbonyl (C=O) groups is 1. The first-order valence-electron chi connectivity index (χ1n) is 12.5. The van der Waals surface area contributed by atoms with Crippen molar-refractivity contribution in [1.29, 1.82) is 0 Å². The summed E-state index contributed by atoms with van der Waals surface area (Å²) in [5, 5.41) is 14.6. The van der Waals surface area contributed by atoms with Crippen molar-refractivity contribution in [2.45, 2.75) is 32.1 Å². The Morgan fingerprint density at radius 1 is 1.00 bits per heavy atom. The number of aromatic nitrogens is 2. The van der Waals surface area contributed by atoms with Crippen molar-refractivity contribution in [1.82, 2.24) is 15.5 Å². The second kappa shape index (κ2) is 10.7. The van der Waals surface area contributed by atoms with Crippen molar-refractivity contribution in [3.8, 4) is 5.75 Å². The van der Waals surface area contributed by atoms with Crippen LogP contribution in [0.2, 0.25) is 5.02 Å². The molecule has 0 unspecified atom stereocenters. The molecule has 1 saturated heterocycles. The molecule has 1 aromatic heterocycles. The molecule has 3 aromatic rings. The average Bonchev–Trinajstić information content (AvgIpc) is 2.92. The van der Waals surface area contributed by atoms with E-state index in [-0.39, 0.29) is 5.91 Å². The van der Waals surface area contributed by atoms with Crippen molar-refractivity contribution in [3.63, 3.8) is 0 Å². The SMILES string of the molecule is COc1ccc(Cl)cc1N1CCN(c2nnc(C(=O)NCC3CCCCC3)c3ccccc23)CC1. The van der Waals surface area contributed by atoms with Crippen LogP contribution < -0.4 is 19.9 Å². The van der Waals surface area contributed by atoms with Crippen LogP contribution in [-0.2, 0) is 0 Å². The van der Waals surface area contributed by atoms with Gasteiger partial charge in [-0.15, -0.1) is 10.2 Å². The number of methoxy groups -OCH3 is 1. The molecule has 1 aliphatic heterocycles. The van der Waals surface area contributed by atoms with Crippen molar-refractivity contribution in [2.75, 3.05) is 49.6 Å². The molecule has 1 N–H and O–H groups in total. The number of carbonyl (C=O) groups excluding carboxylic acids is 1. The predicted molar refractivity (Wildman–Crippen MR) is 141 cm³/mol. The molecule has 8 heteroatoms. The molecular weight excluding hydrogens is 462 g/mol. The topological polar surface area (TPSA) is 70.6 Å². The number of benzene rings is 2. The van der Waals surface area contributed by atoms with Gasteiger partial charge in [-0.3, -0.25) is 4.79 Å². The van der Waals surface area contributed by atoms with E-state index in [0.29, 0.717) is 23.2 Å².